The van der Waals surface area contributed by atoms with E-state index in [2.05, 4.69) is 16.7 Å². The zero-order valence-electron chi connectivity index (χ0n) is 14.7. The minimum Gasteiger partial charge on any atom is -0.327 e. The monoisotopic (exact) mass is 353 g/mol. The summed E-state index contributed by atoms with van der Waals surface area (Å²) in [5, 5.41) is 6.14. The molecule has 27 heavy (non-hydrogen) atoms. The second-order valence-electron chi connectivity index (χ2n) is 6.25. The third-order valence-corrected chi connectivity index (χ3v) is 4.32. The Hall–Kier alpha value is -3.66. The molecule has 1 heterocycles. The first-order valence-corrected chi connectivity index (χ1v) is 8.82. The van der Waals surface area contributed by atoms with Gasteiger partial charge in [-0.15, -0.1) is 0 Å². The van der Waals surface area contributed by atoms with Crippen molar-refractivity contribution >= 4 is 17.9 Å². The van der Waals surface area contributed by atoms with E-state index in [1.807, 2.05) is 78.9 Å². The van der Waals surface area contributed by atoms with Crippen LogP contribution in [0.2, 0.25) is 0 Å². The van der Waals surface area contributed by atoms with Crippen LogP contribution in [0.3, 0.4) is 0 Å². The van der Waals surface area contributed by atoms with Crippen LogP contribution in [0.15, 0.2) is 102 Å². The molecule has 4 heteroatoms. The van der Waals surface area contributed by atoms with Gasteiger partial charge in [-0.05, 0) is 29.3 Å². The van der Waals surface area contributed by atoms with E-state index < -0.39 is 0 Å². The second-order valence-corrected chi connectivity index (χ2v) is 6.25. The number of guanidine groups is 1. The minimum absolute atomic E-state index is 0.183. The molecule has 4 nitrogen and oxygen atoms in total. The largest absolute Gasteiger partial charge is 0.327 e. The summed E-state index contributed by atoms with van der Waals surface area (Å²) in [6, 6.07) is 29.0. The summed E-state index contributed by atoms with van der Waals surface area (Å²) in [5.74, 6) is 0.273. The van der Waals surface area contributed by atoms with Gasteiger partial charge in [-0.25, -0.2) is 4.99 Å². The van der Waals surface area contributed by atoms with Crippen LogP contribution in [0.4, 0.5) is 0 Å². The molecule has 0 aromatic heterocycles. The molecule has 2 N–H and O–H groups in total. The fraction of sp³-hybridized carbons (Fsp3) is 0.0435. The molecule has 0 saturated carbocycles. The summed E-state index contributed by atoms with van der Waals surface area (Å²) in [7, 11) is 0. The van der Waals surface area contributed by atoms with Gasteiger partial charge in [-0.3, -0.25) is 10.1 Å². The molecule has 4 rings (SSSR count). The van der Waals surface area contributed by atoms with E-state index in [0.29, 0.717) is 11.5 Å². The SMILES string of the molecule is O=C(NC1=NC(c2ccccc2)/C(=C/c2ccccc2)N1)c1ccccc1. The summed E-state index contributed by atoms with van der Waals surface area (Å²) >= 11 is 0. The highest BCUT2D eigenvalue weighted by atomic mass is 16.1. The molecule has 1 aliphatic heterocycles. The average Bonchev–Trinajstić information content (AvgIpc) is 3.12. The van der Waals surface area contributed by atoms with E-state index in [1.54, 1.807) is 12.1 Å². The van der Waals surface area contributed by atoms with E-state index in [9.17, 15) is 4.79 Å². The maximum absolute atomic E-state index is 12.5. The van der Waals surface area contributed by atoms with E-state index in [-0.39, 0.29) is 11.9 Å². The van der Waals surface area contributed by atoms with Gasteiger partial charge in [-0.1, -0.05) is 78.9 Å². The maximum atomic E-state index is 12.5. The normalized spacial score (nSPS) is 17.3. The van der Waals surface area contributed by atoms with Crippen molar-refractivity contribution in [3.63, 3.8) is 0 Å². The van der Waals surface area contributed by atoms with E-state index in [0.717, 1.165) is 16.8 Å². The first-order valence-electron chi connectivity index (χ1n) is 8.82. The molecule has 0 radical (unpaired) electrons. The predicted molar refractivity (Wildman–Crippen MR) is 108 cm³/mol. The summed E-state index contributed by atoms with van der Waals surface area (Å²) in [5.41, 5.74) is 3.66. The van der Waals surface area contributed by atoms with Crippen LogP contribution in [0.5, 0.6) is 0 Å². The van der Waals surface area contributed by atoms with Crippen molar-refractivity contribution in [2.75, 3.05) is 0 Å². The molecule has 1 aliphatic rings. The first kappa shape index (κ1) is 16.8. The van der Waals surface area contributed by atoms with Crippen molar-refractivity contribution in [3.05, 3.63) is 113 Å². The van der Waals surface area contributed by atoms with Crippen LogP contribution >= 0.6 is 0 Å². The molecule has 132 valence electrons. The molecule has 0 fully saturated rings. The number of nitrogens with one attached hydrogen (secondary N) is 2. The van der Waals surface area contributed by atoms with Gasteiger partial charge in [0.05, 0.1) is 0 Å². The Morgan fingerprint density at radius 1 is 0.852 bits per heavy atom. The highest BCUT2D eigenvalue weighted by Gasteiger charge is 2.25. The molecule has 1 atom stereocenters. The van der Waals surface area contributed by atoms with Gasteiger partial charge in [0.15, 0.2) is 0 Å². The molecule has 0 spiro atoms. The van der Waals surface area contributed by atoms with E-state index >= 15 is 0 Å². The Morgan fingerprint density at radius 3 is 2.11 bits per heavy atom. The molecule has 3 aromatic carbocycles. The Morgan fingerprint density at radius 2 is 1.44 bits per heavy atom. The van der Waals surface area contributed by atoms with Gasteiger partial charge in [-0.2, -0.15) is 0 Å². The van der Waals surface area contributed by atoms with Crippen molar-refractivity contribution in [2.45, 2.75) is 6.04 Å². The third-order valence-electron chi connectivity index (χ3n) is 4.32. The Bertz CT molecular complexity index is 980. The number of nitrogens with zero attached hydrogens (tertiary/aromatic N) is 1. The molecular formula is C23H19N3O. The number of benzene rings is 3. The lowest BCUT2D eigenvalue weighted by Crippen LogP contribution is -2.37. The van der Waals surface area contributed by atoms with Crippen molar-refractivity contribution in [1.29, 1.82) is 0 Å². The predicted octanol–water partition coefficient (Wildman–Crippen LogP) is 4.16. The van der Waals surface area contributed by atoms with Crippen LogP contribution in [0.1, 0.15) is 27.5 Å². The standard InChI is InChI=1S/C23H19N3O/c27-22(19-14-8-3-9-15-19)26-23-24-20(16-17-10-4-1-5-11-17)21(25-23)18-12-6-2-7-13-18/h1-16,21H,(H2,24,25,26,27)/b20-16-. The molecule has 3 aromatic rings. The smallest absolute Gasteiger partial charge is 0.257 e. The first-order chi connectivity index (χ1) is 13.3. The zero-order chi connectivity index (χ0) is 18.5. The Balaban J connectivity index is 1.62. The molecule has 0 aliphatic carbocycles. The zero-order valence-corrected chi connectivity index (χ0v) is 14.7. The number of aliphatic imine (C=N–C) groups is 1. The van der Waals surface area contributed by atoms with Crippen LogP contribution < -0.4 is 10.6 Å². The lowest BCUT2D eigenvalue weighted by Gasteiger charge is -2.10. The number of amides is 1. The fourth-order valence-corrected chi connectivity index (χ4v) is 3.00. The Kier molecular flexibility index (Phi) is 4.79. The van der Waals surface area contributed by atoms with Crippen molar-refractivity contribution in [3.8, 4) is 0 Å². The number of carbonyl (C=O) groups excluding carboxylic acids is 1. The van der Waals surface area contributed by atoms with Crippen molar-refractivity contribution < 1.29 is 4.79 Å². The quantitative estimate of drug-likeness (QED) is 0.743. The van der Waals surface area contributed by atoms with Gasteiger partial charge < -0.3 is 5.32 Å². The number of hydrogen-bond donors (Lipinski definition) is 2. The van der Waals surface area contributed by atoms with Crippen LogP contribution in [-0.2, 0) is 0 Å². The summed E-state index contributed by atoms with van der Waals surface area (Å²) in [4.78, 5) is 17.2. The van der Waals surface area contributed by atoms with E-state index in [1.165, 1.54) is 0 Å². The van der Waals surface area contributed by atoms with Crippen LogP contribution in [-0.4, -0.2) is 11.9 Å². The minimum atomic E-state index is -0.186. The molecular weight excluding hydrogens is 334 g/mol. The van der Waals surface area contributed by atoms with Crippen LogP contribution in [0, 0.1) is 0 Å². The third kappa shape index (κ3) is 3.96. The van der Waals surface area contributed by atoms with Gasteiger partial charge in [0.1, 0.15) is 6.04 Å². The van der Waals surface area contributed by atoms with Gasteiger partial charge >= 0.3 is 0 Å². The highest BCUT2D eigenvalue weighted by Crippen LogP contribution is 2.29. The average molecular weight is 353 g/mol. The number of carbonyl (C=O) groups is 1. The van der Waals surface area contributed by atoms with Crippen LogP contribution in [0.25, 0.3) is 6.08 Å². The van der Waals surface area contributed by atoms with Gasteiger partial charge in [0.2, 0.25) is 5.96 Å². The van der Waals surface area contributed by atoms with Gasteiger partial charge in [0.25, 0.3) is 5.91 Å². The summed E-state index contributed by atoms with van der Waals surface area (Å²) in [6.45, 7) is 0. The fourth-order valence-electron chi connectivity index (χ4n) is 3.00. The van der Waals surface area contributed by atoms with Crippen molar-refractivity contribution in [2.24, 2.45) is 4.99 Å². The topological polar surface area (TPSA) is 53.5 Å². The Labute approximate surface area is 158 Å². The van der Waals surface area contributed by atoms with Crippen molar-refractivity contribution in [1.82, 2.24) is 10.6 Å². The van der Waals surface area contributed by atoms with E-state index in [4.69, 9.17) is 4.99 Å². The lowest BCUT2D eigenvalue weighted by molar-refractivity contribution is 0.0976. The van der Waals surface area contributed by atoms with Gasteiger partial charge in [0, 0.05) is 11.3 Å². The second kappa shape index (κ2) is 7.70. The lowest BCUT2D eigenvalue weighted by atomic mass is 10.0. The molecule has 1 amide bonds. The summed E-state index contributed by atoms with van der Waals surface area (Å²) < 4.78 is 0. The summed E-state index contributed by atoms with van der Waals surface area (Å²) in [6.07, 6.45) is 2.06. The molecule has 1 unspecified atom stereocenters. The molecule has 0 saturated heterocycles. The number of hydrogen-bond acceptors (Lipinski definition) is 3. The highest BCUT2D eigenvalue weighted by molar-refractivity contribution is 6.07. The number of rotatable bonds is 3. The molecule has 0 bridgehead atoms. The maximum Gasteiger partial charge on any atom is 0.257 e.